The third kappa shape index (κ3) is 2.05. The first-order chi connectivity index (χ1) is 8.28. The molecule has 1 aliphatic carbocycles. The fourth-order valence-corrected chi connectivity index (χ4v) is 2.86. The van der Waals surface area contributed by atoms with Crippen LogP contribution >= 0.6 is 0 Å². The maximum atomic E-state index is 5.72. The number of nitrogens with two attached hydrogens (primary N) is 1. The van der Waals surface area contributed by atoms with Crippen LogP contribution in [0.5, 0.6) is 0 Å². The Labute approximate surface area is 102 Å². The fourth-order valence-electron chi connectivity index (χ4n) is 2.86. The van der Waals surface area contributed by atoms with Crippen LogP contribution in [0.25, 0.3) is 0 Å². The number of nitrogens with zero attached hydrogens (tertiary/aromatic N) is 3. The Balaban J connectivity index is 1.73. The molecule has 0 radical (unpaired) electrons. The molecule has 1 aromatic heterocycles. The zero-order chi connectivity index (χ0) is 11.7. The van der Waals surface area contributed by atoms with Gasteiger partial charge in [-0.15, -0.1) is 0 Å². The van der Waals surface area contributed by atoms with E-state index in [2.05, 4.69) is 14.5 Å². The maximum Gasteiger partial charge on any atom is 0.141 e. The third-order valence-corrected chi connectivity index (χ3v) is 4.06. The molecule has 2 fully saturated rings. The average molecular weight is 236 g/mol. The number of anilines is 1. The Morgan fingerprint density at radius 2 is 2.12 bits per heavy atom. The minimum atomic E-state index is 0.238. The quantitative estimate of drug-likeness (QED) is 0.838. The Morgan fingerprint density at radius 1 is 1.35 bits per heavy atom. The number of imidazole rings is 1. The summed E-state index contributed by atoms with van der Waals surface area (Å²) in [6.07, 6.45) is 7.64. The van der Waals surface area contributed by atoms with Crippen LogP contribution in [0.2, 0.25) is 0 Å². The third-order valence-electron chi connectivity index (χ3n) is 4.06. The highest BCUT2D eigenvalue weighted by atomic mass is 16.5. The molecule has 2 heterocycles. The van der Waals surface area contributed by atoms with Crippen LogP contribution in [-0.4, -0.2) is 47.3 Å². The standard InChI is InChI=1S/C12H20N4O/c13-11-8-16(10-14-11)12(2-1-3-12)9-15-4-6-17-7-5-15/h8,10H,1-7,9,13H2. The molecule has 17 heavy (non-hydrogen) atoms. The number of hydrogen-bond acceptors (Lipinski definition) is 4. The molecule has 2 N–H and O–H groups in total. The minimum Gasteiger partial charge on any atom is -0.382 e. The summed E-state index contributed by atoms with van der Waals surface area (Å²) in [5.74, 6) is 0.623. The number of nitrogen functional groups attached to an aromatic ring is 1. The molecule has 0 amide bonds. The summed E-state index contributed by atoms with van der Waals surface area (Å²) < 4.78 is 7.62. The molecule has 3 rings (SSSR count). The van der Waals surface area contributed by atoms with Crippen LogP contribution in [0.4, 0.5) is 5.82 Å². The van der Waals surface area contributed by atoms with Gasteiger partial charge in [0, 0.05) is 25.8 Å². The van der Waals surface area contributed by atoms with E-state index in [4.69, 9.17) is 10.5 Å². The van der Waals surface area contributed by atoms with E-state index in [-0.39, 0.29) is 5.54 Å². The Morgan fingerprint density at radius 3 is 2.65 bits per heavy atom. The van der Waals surface area contributed by atoms with Gasteiger partial charge in [-0.3, -0.25) is 4.90 Å². The predicted octanol–water partition coefficient (Wildman–Crippen LogP) is 0.677. The van der Waals surface area contributed by atoms with E-state index in [0.717, 1.165) is 32.8 Å². The zero-order valence-electron chi connectivity index (χ0n) is 10.1. The molecular formula is C12H20N4O. The van der Waals surface area contributed by atoms with Crippen molar-refractivity contribution in [3.63, 3.8) is 0 Å². The van der Waals surface area contributed by atoms with Crippen molar-refractivity contribution in [1.29, 1.82) is 0 Å². The molecule has 1 aliphatic heterocycles. The van der Waals surface area contributed by atoms with E-state index in [1.807, 2.05) is 12.5 Å². The molecule has 5 nitrogen and oxygen atoms in total. The lowest BCUT2D eigenvalue weighted by atomic mass is 9.76. The van der Waals surface area contributed by atoms with Crippen LogP contribution in [0.15, 0.2) is 12.5 Å². The van der Waals surface area contributed by atoms with Gasteiger partial charge in [0.25, 0.3) is 0 Å². The van der Waals surface area contributed by atoms with E-state index < -0.39 is 0 Å². The number of ether oxygens (including phenoxy) is 1. The first kappa shape index (κ1) is 11.0. The number of aromatic nitrogens is 2. The van der Waals surface area contributed by atoms with Gasteiger partial charge in [0.2, 0.25) is 0 Å². The molecule has 2 aliphatic rings. The van der Waals surface area contributed by atoms with Crippen molar-refractivity contribution < 1.29 is 4.74 Å². The Bertz CT molecular complexity index is 380. The summed E-state index contributed by atoms with van der Waals surface area (Å²) in [6.45, 7) is 4.92. The summed E-state index contributed by atoms with van der Waals surface area (Å²) in [6, 6.07) is 0. The topological polar surface area (TPSA) is 56.3 Å². The second kappa shape index (κ2) is 4.31. The predicted molar refractivity (Wildman–Crippen MR) is 65.7 cm³/mol. The summed E-state index contributed by atoms with van der Waals surface area (Å²) >= 11 is 0. The van der Waals surface area contributed by atoms with Gasteiger partial charge in [-0.25, -0.2) is 4.98 Å². The molecule has 0 atom stereocenters. The summed E-state index contributed by atoms with van der Waals surface area (Å²) in [5.41, 5.74) is 5.96. The lowest BCUT2D eigenvalue weighted by Gasteiger charge is -2.46. The lowest BCUT2D eigenvalue weighted by molar-refractivity contribution is -0.000528. The van der Waals surface area contributed by atoms with E-state index >= 15 is 0 Å². The van der Waals surface area contributed by atoms with Gasteiger partial charge in [-0.1, -0.05) is 0 Å². The monoisotopic (exact) mass is 236 g/mol. The minimum absolute atomic E-state index is 0.238. The van der Waals surface area contributed by atoms with E-state index in [1.165, 1.54) is 19.3 Å². The summed E-state index contributed by atoms with van der Waals surface area (Å²) in [4.78, 5) is 6.65. The summed E-state index contributed by atoms with van der Waals surface area (Å²) in [7, 11) is 0. The molecule has 1 saturated heterocycles. The molecule has 1 aromatic rings. The van der Waals surface area contributed by atoms with Crippen molar-refractivity contribution in [1.82, 2.24) is 14.5 Å². The van der Waals surface area contributed by atoms with Crippen molar-refractivity contribution in [2.24, 2.45) is 0 Å². The van der Waals surface area contributed by atoms with Gasteiger partial charge in [0.1, 0.15) is 5.82 Å². The molecule has 5 heteroatoms. The molecule has 1 saturated carbocycles. The van der Waals surface area contributed by atoms with E-state index in [0.29, 0.717) is 5.82 Å². The smallest absolute Gasteiger partial charge is 0.141 e. The van der Waals surface area contributed by atoms with E-state index in [1.54, 1.807) is 0 Å². The summed E-state index contributed by atoms with van der Waals surface area (Å²) in [5, 5.41) is 0. The highest BCUT2D eigenvalue weighted by Crippen LogP contribution is 2.40. The second-order valence-corrected chi connectivity index (χ2v) is 5.17. The highest BCUT2D eigenvalue weighted by molar-refractivity contribution is 5.24. The van der Waals surface area contributed by atoms with Crippen LogP contribution in [0.3, 0.4) is 0 Å². The zero-order valence-corrected chi connectivity index (χ0v) is 10.1. The van der Waals surface area contributed by atoms with Gasteiger partial charge in [0.15, 0.2) is 0 Å². The van der Waals surface area contributed by atoms with Crippen LogP contribution in [0, 0.1) is 0 Å². The van der Waals surface area contributed by atoms with Crippen molar-refractivity contribution >= 4 is 5.82 Å². The average Bonchev–Trinajstić information content (AvgIpc) is 2.72. The molecule has 0 unspecified atom stereocenters. The van der Waals surface area contributed by atoms with Gasteiger partial charge < -0.3 is 15.0 Å². The van der Waals surface area contributed by atoms with E-state index in [9.17, 15) is 0 Å². The lowest BCUT2D eigenvalue weighted by Crippen LogP contribution is -2.52. The van der Waals surface area contributed by atoms with Crippen molar-refractivity contribution in [2.75, 3.05) is 38.6 Å². The normalized spacial score (nSPS) is 24.5. The van der Waals surface area contributed by atoms with Crippen LogP contribution in [0.1, 0.15) is 19.3 Å². The number of morpholine rings is 1. The van der Waals surface area contributed by atoms with Crippen molar-refractivity contribution in [2.45, 2.75) is 24.8 Å². The largest absolute Gasteiger partial charge is 0.382 e. The van der Waals surface area contributed by atoms with Gasteiger partial charge in [-0.05, 0) is 19.3 Å². The molecule has 94 valence electrons. The number of hydrogen-bond donors (Lipinski definition) is 1. The van der Waals surface area contributed by atoms with Crippen LogP contribution < -0.4 is 5.73 Å². The van der Waals surface area contributed by atoms with Gasteiger partial charge >= 0.3 is 0 Å². The van der Waals surface area contributed by atoms with Crippen LogP contribution in [-0.2, 0) is 10.3 Å². The van der Waals surface area contributed by atoms with Gasteiger partial charge in [-0.2, -0.15) is 0 Å². The maximum absolute atomic E-state index is 5.72. The SMILES string of the molecule is Nc1cn(C2(CN3CCOCC3)CCC2)cn1. The fraction of sp³-hybridized carbons (Fsp3) is 0.750. The molecular weight excluding hydrogens is 216 g/mol. The number of rotatable bonds is 3. The van der Waals surface area contributed by atoms with Gasteiger partial charge in [0.05, 0.1) is 25.1 Å². The molecule has 0 aromatic carbocycles. The first-order valence-electron chi connectivity index (χ1n) is 6.39. The molecule has 0 spiro atoms. The van der Waals surface area contributed by atoms with Crippen molar-refractivity contribution in [3.8, 4) is 0 Å². The first-order valence-corrected chi connectivity index (χ1v) is 6.39. The highest BCUT2D eigenvalue weighted by Gasteiger charge is 2.40. The molecule has 0 bridgehead atoms. The second-order valence-electron chi connectivity index (χ2n) is 5.17. The Hall–Kier alpha value is -1.07. The van der Waals surface area contributed by atoms with Crippen molar-refractivity contribution in [3.05, 3.63) is 12.5 Å². The Kier molecular flexibility index (Phi) is 2.80.